The molecule has 2 aromatic rings. The standard InChI is InChI=1S/C14H11FN2O6/c1-8(23-14(19)12-3-2-6-22-12)13(18)16-9-4-5-10(15)11(7-9)17(20)21/h2-8H,1H3,(H,16,18)/t8-/m1/s1. The van der Waals surface area contributed by atoms with E-state index < -0.39 is 34.4 Å². The highest BCUT2D eigenvalue weighted by molar-refractivity contribution is 5.96. The smallest absolute Gasteiger partial charge is 0.374 e. The summed E-state index contributed by atoms with van der Waals surface area (Å²) in [5, 5.41) is 12.9. The molecule has 120 valence electrons. The zero-order chi connectivity index (χ0) is 17.0. The maximum atomic E-state index is 13.2. The van der Waals surface area contributed by atoms with Gasteiger partial charge in [-0.15, -0.1) is 0 Å². The number of anilines is 1. The number of rotatable bonds is 5. The summed E-state index contributed by atoms with van der Waals surface area (Å²) in [5.41, 5.74) is -0.771. The van der Waals surface area contributed by atoms with E-state index >= 15 is 0 Å². The molecular formula is C14H11FN2O6. The molecular weight excluding hydrogens is 311 g/mol. The van der Waals surface area contributed by atoms with Gasteiger partial charge in [0.2, 0.25) is 11.6 Å². The third kappa shape index (κ3) is 3.90. The van der Waals surface area contributed by atoms with Crippen LogP contribution in [0.1, 0.15) is 17.5 Å². The number of carbonyl (C=O) groups excluding carboxylic acids is 2. The predicted octanol–water partition coefficient (Wildman–Crippen LogP) is 2.51. The first kappa shape index (κ1) is 16.1. The lowest BCUT2D eigenvalue weighted by atomic mass is 10.2. The zero-order valence-electron chi connectivity index (χ0n) is 11.8. The van der Waals surface area contributed by atoms with Gasteiger partial charge in [0.25, 0.3) is 5.91 Å². The van der Waals surface area contributed by atoms with Gasteiger partial charge in [-0.2, -0.15) is 4.39 Å². The first-order valence-corrected chi connectivity index (χ1v) is 6.38. The van der Waals surface area contributed by atoms with Crippen molar-refractivity contribution in [2.24, 2.45) is 0 Å². The lowest BCUT2D eigenvalue weighted by Gasteiger charge is -2.12. The van der Waals surface area contributed by atoms with E-state index in [1.165, 1.54) is 25.3 Å². The Bertz CT molecular complexity index is 744. The Hall–Kier alpha value is -3.23. The van der Waals surface area contributed by atoms with Crippen LogP contribution >= 0.6 is 0 Å². The number of carbonyl (C=O) groups is 2. The number of nitrogens with one attached hydrogen (secondary N) is 1. The third-order valence-corrected chi connectivity index (χ3v) is 2.79. The normalized spacial score (nSPS) is 11.6. The molecule has 0 saturated heterocycles. The van der Waals surface area contributed by atoms with E-state index in [0.717, 1.165) is 18.2 Å². The van der Waals surface area contributed by atoms with Crippen molar-refractivity contribution in [2.45, 2.75) is 13.0 Å². The molecule has 0 aliphatic carbocycles. The lowest BCUT2D eigenvalue weighted by Crippen LogP contribution is -2.29. The fourth-order valence-electron chi connectivity index (χ4n) is 1.64. The highest BCUT2D eigenvalue weighted by atomic mass is 19.1. The first-order valence-electron chi connectivity index (χ1n) is 6.38. The summed E-state index contributed by atoms with van der Waals surface area (Å²) in [5.74, 6) is -2.65. The second-order valence-corrected chi connectivity index (χ2v) is 4.44. The van der Waals surface area contributed by atoms with Gasteiger partial charge in [0.15, 0.2) is 6.10 Å². The van der Waals surface area contributed by atoms with Crippen LogP contribution < -0.4 is 5.32 Å². The zero-order valence-corrected chi connectivity index (χ0v) is 11.8. The van der Waals surface area contributed by atoms with Gasteiger partial charge in [-0.05, 0) is 31.2 Å². The minimum Gasteiger partial charge on any atom is -0.457 e. The van der Waals surface area contributed by atoms with Crippen molar-refractivity contribution < 1.29 is 28.1 Å². The van der Waals surface area contributed by atoms with Crippen LogP contribution in [-0.2, 0) is 9.53 Å². The van der Waals surface area contributed by atoms with E-state index in [0.29, 0.717) is 0 Å². The van der Waals surface area contributed by atoms with Crippen LogP contribution in [0, 0.1) is 15.9 Å². The molecule has 0 radical (unpaired) electrons. The summed E-state index contributed by atoms with van der Waals surface area (Å²) < 4.78 is 22.9. The molecule has 8 nitrogen and oxygen atoms in total. The highest BCUT2D eigenvalue weighted by Crippen LogP contribution is 2.21. The van der Waals surface area contributed by atoms with Crippen LogP contribution in [0.25, 0.3) is 0 Å². The van der Waals surface area contributed by atoms with E-state index in [2.05, 4.69) is 5.32 Å². The van der Waals surface area contributed by atoms with Gasteiger partial charge in [-0.1, -0.05) is 0 Å². The second kappa shape index (κ2) is 6.69. The molecule has 0 aliphatic heterocycles. The van der Waals surface area contributed by atoms with Crippen molar-refractivity contribution in [3.63, 3.8) is 0 Å². The molecule has 23 heavy (non-hydrogen) atoms. The van der Waals surface area contributed by atoms with Crippen LogP contribution in [0.2, 0.25) is 0 Å². The third-order valence-electron chi connectivity index (χ3n) is 2.79. The minimum absolute atomic E-state index is 0.00370. The highest BCUT2D eigenvalue weighted by Gasteiger charge is 2.22. The van der Waals surface area contributed by atoms with Crippen LogP contribution in [0.15, 0.2) is 41.0 Å². The van der Waals surface area contributed by atoms with Crippen molar-refractivity contribution in [1.82, 2.24) is 0 Å². The topological polar surface area (TPSA) is 112 Å². The van der Waals surface area contributed by atoms with Crippen LogP contribution in [0.3, 0.4) is 0 Å². The molecule has 2 rings (SSSR count). The Morgan fingerprint density at radius 3 is 2.74 bits per heavy atom. The number of halogens is 1. The fourth-order valence-corrected chi connectivity index (χ4v) is 1.64. The Morgan fingerprint density at radius 1 is 1.39 bits per heavy atom. The molecule has 0 saturated carbocycles. The average molecular weight is 322 g/mol. The van der Waals surface area contributed by atoms with Crippen LogP contribution in [0.4, 0.5) is 15.8 Å². The Labute approximate surface area is 129 Å². The molecule has 1 N–H and O–H groups in total. The van der Waals surface area contributed by atoms with Crippen molar-refractivity contribution in [2.75, 3.05) is 5.32 Å². The van der Waals surface area contributed by atoms with E-state index in [4.69, 9.17) is 9.15 Å². The molecule has 0 bridgehead atoms. The minimum atomic E-state index is -1.18. The number of benzene rings is 1. The number of amides is 1. The van der Waals surface area contributed by atoms with Gasteiger partial charge < -0.3 is 14.5 Å². The van der Waals surface area contributed by atoms with Crippen molar-refractivity contribution in [1.29, 1.82) is 0 Å². The van der Waals surface area contributed by atoms with Crippen molar-refractivity contribution >= 4 is 23.3 Å². The number of nitrogens with zero attached hydrogens (tertiary/aromatic N) is 1. The Morgan fingerprint density at radius 2 is 2.13 bits per heavy atom. The monoisotopic (exact) mass is 322 g/mol. The molecule has 1 aromatic carbocycles. The number of ether oxygens (including phenoxy) is 1. The largest absolute Gasteiger partial charge is 0.457 e. The van der Waals surface area contributed by atoms with E-state index in [-0.39, 0.29) is 11.4 Å². The van der Waals surface area contributed by atoms with Crippen LogP contribution in [0.5, 0.6) is 0 Å². The number of nitro benzene ring substituents is 1. The average Bonchev–Trinajstić information content (AvgIpc) is 3.03. The number of nitro groups is 1. The van der Waals surface area contributed by atoms with Crippen molar-refractivity contribution in [3.8, 4) is 0 Å². The Balaban J connectivity index is 2.02. The molecule has 1 aromatic heterocycles. The summed E-state index contributed by atoms with van der Waals surface area (Å²) >= 11 is 0. The summed E-state index contributed by atoms with van der Waals surface area (Å²) in [7, 11) is 0. The van der Waals surface area contributed by atoms with Gasteiger partial charge in [-0.25, -0.2) is 4.79 Å². The molecule has 0 fully saturated rings. The molecule has 0 spiro atoms. The quantitative estimate of drug-likeness (QED) is 0.514. The number of furan rings is 1. The van der Waals surface area contributed by atoms with Gasteiger partial charge in [0, 0.05) is 11.8 Å². The van der Waals surface area contributed by atoms with Gasteiger partial charge in [-0.3, -0.25) is 14.9 Å². The predicted molar refractivity (Wildman–Crippen MR) is 75.3 cm³/mol. The SMILES string of the molecule is C[C@@H](OC(=O)c1ccco1)C(=O)Nc1ccc(F)c([N+](=O)[O-])c1. The maximum Gasteiger partial charge on any atom is 0.374 e. The van der Waals surface area contributed by atoms with Gasteiger partial charge >= 0.3 is 11.7 Å². The van der Waals surface area contributed by atoms with E-state index in [9.17, 15) is 24.1 Å². The van der Waals surface area contributed by atoms with Gasteiger partial charge in [0.1, 0.15) is 0 Å². The number of hydrogen-bond donors (Lipinski definition) is 1. The van der Waals surface area contributed by atoms with E-state index in [1.54, 1.807) is 0 Å². The first-order chi connectivity index (χ1) is 10.9. The van der Waals surface area contributed by atoms with Crippen LogP contribution in [-0.4, -0.2) is 22.9 Å². The molecule has 1 amide bonds. The second-order valence-electron chi connectivity index (χ2n) is 4.44. The summed E-state index contributed by atoms with van der Waals surface area (Å²) in [6.07, 6.45) is 0.0932. The molecule has 9 heteroatoms. The maximum absolute atomic E-state index is 13.2. The number of esters is 1. The summed E-state index contributed by atoms with van der Waals surface area (Å²) in [6.45, 7) is 1.31. The van der Waals surface area contributed by atoms with Crippen molar-refractivity contribution in [3.05, 3.63) is 58.3 Å². The van der Waals surface area contributed by atoms with Gasteiger partial charge in [0.05, 0.1) is 11.2 Å². The lowest BCUT2D eigenvalue weighted by molar-refractivity contribution is -0.387. The fraction of sp³-hybridized carbons (Fsp3) is 0.143. The summed E-state index contributed by atoms with van der Waals surface area (Å²) in [4.78, 5) is 33.3. The summed E-state index contributed by atoms with van der Waals surface area (Å²) in [6, 6.07) is 5.73. The Kier molecular flexibility index (Phi) is 4.69. The molecule has 0 unspecified atom stereocenters. The molecule has 1 atom stereocenters. The number of hydrogen-bond acceptors (Lipinski definition) is 6. The molecule has 1 heterocycles. The molecule has 0 aliphatic rings. The van der Waals surface area contributed by atoms with E-state index in [1.807, 2.05) is 0 Å².